The highest BCUT2D eigenvalue weighted by atomic mass is 35.5. The molecule has 0 aromatic heterocycles. The van der Waals surface area contributed by atoms with Crippen LogP contribution < -0.4 is 14.8 Å². The standard InChI is InChI=1S/C14H19ClN2O4/c1-14(19,7-17(2)3)6-16-13(18)9-4-10(15)12-11(5-9)20-8-21-12/h4-5,19H,6-8H2,1-3H3,(H,16,18). The highest BCUT2D eigenvalue weighted by Crippen LogP contribution is 2.39. The summed E-state index contributed by atoms with van der Waals surface area (Å²) in [7, 11) is 3.71. The lowest BCUT2D eigenvalue weighted by molar-refractivity contribution is 0.0326. The number of hydrogen-bond donors (Lipinski definition) is 2. The van der Waals surface area contributed by atoms with Crippen LogP contribution >= 0.6 is 11.6 Å². The molecule has 1 unspecified atom stereocenters. The number of aliphatic hydroxyl groups is 1. The van der Waals surface area contributed by atoms with E-state index >= 15 is 0 Å². The second-order valence-electron chi connectivity index (χ2n) is 5.61. The highest BCUT2D eigenvalue weighted by molar-refractivity contribution is 6.32. The minimum Gasteiger partial charge on any atom is -0.454 e. The Morgan fingerprint density at radius 1 is 1.48 bits per heavy atom. The predicted octanol–water partition coefficient (Wildman–Crippen LogP) is 1.11. The van der Waals surface area contributed by atoms with Crippen LogP contribution in [-0.2, 0) is 0 Å². The maximum Gasteiger partial charge on any atom is 0.251 e. The SMILES string of the molecule is CN(C)CC(C)(O)CNC(=O)c1cc(Cl)c2c(c1)OCO2. The van der Waals surface area contributed by atoms with Crippen molar-refractivity contribution in [3.63, 3.8) is 0 Å². The lowest BCUT2D eigenvalue weighted by Gasteiger charge is -2.27. The number of carbonyl (C=O) groups is 1. The zero-order valence-corrected chi connectivity index (χ0v) is 13.0. The van der Waals surface area contributed by atoms with Crippen LogP contribution in [0.4, 0.5) is 0 Å². The third kappa shape index (κ3) is 4.00. The molecule has 116 valence electrons. The summed E-state index contributed by atoms with van der Waals surface area (Å²) in [6.07, 6.45) is 0. The van der Waals surface area contributed by atoms with Crippen LogP contribution in [-0.4, -0.2) is 55.5 Å². The molecule has 0 aliphatic carbocycles. The Hall–Kier alpha value is -1.50. The second-order valence-corrected chi connectivity index (χ2v) is 6.02. The molecular weight excluding hydrogens is 296 g/mol. The molecule has 0 spiro atoms. The van der Waals surface area contributed by atoms with Gasteiger partial charge < -0.3 is 24.8 Å². The highest BCUT2D eigenvalue weighted by Gasteiger charge is 2.24. The normalized spacial score (nSPS) is 15.9. The number of likely N-dealkylation sites (N-methyl/N-ethyl adjacent to an activating group) is 1. The smallest absolute Gasteiger partial charge is 0.251 e. The molecular formula is C14H19ClN2O4. The lowest BCUT2D eigenvalue weighted by atomic mass is 10.1. The number of nitrogens with one attached hydrogen (secondary N) is 1. The summed E-state index contributed by atoms with van der Waals surface area (Å²) in [5, 5.41) is 13.2. The van der Waals surface area contributed by atoms with Crippen LogP contribution in [0.3, 0.4) is 0 Å². The zero-order chi connectivity index (χ0) is 15.6. The molecule has 0 radical (unpaired) electrons. The molecule has 1 aliphatic heterocycles. The van der Waals surface area contributed by atoms with Crippen molar-refractivity contribution in [1.29, 1.82) is 0 Å². The van der Waals surface area contributed by atoms with E-state index in [1.54, 1.807) is 13.0 Å². The Balaban J connectivity index is 2.03. The van der Waals surface area contributed by atoms with Crippen molar-refractivity contribution in [2.45, 2.75) is 12.5 Å². The first-order chi connectivity index (χ1) is 9.78. The van der Waals surface area contributed by atoms with E-state index in [1.807, 2.05) is 19.0 Å². The van der Waals surface area contributed by atoms with Crippen molar-refractivity contribution in [2.24, 2.45) is 0 Å². The fraction of sp³-hybridized carbons (Fsp3) is 0.500. The van der Waals surface area contributed by atoms with Crippen LogP contribution in [0, 0.1) is 0 Å². The van der Waals surface area contributed by atoms with Gasteiger partial charge in [-0.3, -0.25) is 4.79 Å². The molecule has 7 heteroatoms. The van der Waals surface area contributed by atoms with Gasteiger partial charge in [0.1, 0.15) is 0 Å². The number of fused-ring (bicyclic) bond motifs is 1. The third-order valence-electron chi connectivity index (χ3n) is 2.98. The maximum atomic E-state index is 12.1. The average Bonchev–Trinajstić information content (AvgIpc) is 2.83. The van der Waals surface area contributed by atoms with Gasteiger partial charge in [0.15, 0.2) is 11.5 Å². The van der Waals surface area contributed by atoms with Gasteiger partial charge in [-0.05, 0) is 33.2 Å². The average molecular weight is 315 g/mol. The molecule has 0 saturated heterocycles. The van der Waals surface area contributed by atoms with Crippen molar-refractivity contribution < 1.29 is 19.4 Å². The van der Waals surface area contributed by atoms with E-state index in [2.05, 4.69) is 5.32 Å². The largest absolute Gasteiger partial charge is 0.454 e. The fourth-order valence-electron chi connectivity index (χ4n) is 2.21. The summed E-state index contributed by atoms with van der Waals surface area (Å²) >= 11 is 6.04. The molecule has 2 N–H and O–H groups in total. The van der Waals surface area contributed by atoms with Crippen molar-refractivity contribution in [3.05, 3.63) is 22.7 Å². The molecule has 1 heterocycles. The summed E-state index contributed by atoms with van der Waals surface area (Å²) in [6.45, 7) is 2.34. The Morgan fingerprint density at radius 3 is 2.86 bits per heavy atom. The van der Waals surface area contributed by atoms with E-state index in [0.717, 1.165) is 0 Å². The number of rotatable bonds is 5. The van der Waals surface area contributed by atoms with Gasteiger partial charge >= 0.3 is 0 Å². The van der Waals surface area contributed by atoms with E-state index < -0.39 is 5.60 Å². The van der Waals surface area contributed by atoms with Gasteiger partial charge in [0, 0.05) is 18.7 Å². The van der Waals surface area contributed by atoms with E-state index in [0.29, 0.717) is 28.6 Å². The van der Waals surface area contributed by atoms with Gasteiger partial charge in [0.05, 0.1) is 10.6 Å². The van der Waals surface area contributed by atoms with E-state index in [9.17, 15) is 9.90 Å². The Labute approximate surface area is 128 Å². The molecule has 1 atom stereocenters. The molecule has 6 nitrogen and oxygen atoms in total. The molecule has 0 bridgehead atoms. The number of hydrogen-bond acceptors (Lipinski definition) is 5. The summed E-state index contributed by atoms with van der Waals surface area (Å²) in [4.78, 5) is 14.0. The molecule has 1 amide bonds. The number of ether oxygens (including phenoxy) is 2. The molecule has 2 rings (SSSR count). The molecule has 1 aliphatic rings. The molecule has 0 saturated carbocycles. The first-order valence-corrected chi connectivity index (χ1v) is 6.91. The van der Waals surface area contributed by atoms with Crippen LogP contribution in [0.15, 0.2) is 12.1 Å². The van der Waals surface area contributed by atoms with Crippen LogP contribution in [0.5, 0.6) is 11.5 Å². The number of benzene rings is 1. The minimum atomic E-state index is -1.01. The van der Waals surface area contributed by atoms with Crippen molar-refractivity contribution in [3.8, 4) is 11.5 Å². The summed E-state index contributed by atoms with van der Waals surface area (Å²) in [5.41, 5.74) is -0.649. The number of nitrogens with zero attached hydrogens (tertiary/aromatic N) is 1. The lowest BCUT2D eigenvalue weighted by Crippen LogP contribution is -2.47. The van der Waals surface area contributed by atoms with Crippen molar-refractivity contribution in [1.82, 2.24) is 10.2 Å². The van der Waals surface area contributed by atoms with Crippen LogP contribution in [0.25, 0.3) is 0 Å². The Bertz CT molecular complexity index is 546. The van der Waals surface area contributed by atoms with Gasteiger partial charge in [-0.25, -0.2) is 0 Å². The number of halogens is 1. The quantitative estimate of drug-likeness (QED) is 0.852. The molecule has 1 aromatic rings. The van der Waals surface area contributed by atoms with Gasteiger partial charge in [-0.1, -0.05) is 11.6 Å². The van der Waals surface area contributed by atoms with Crippen molar-refractivity contribution in [2.75, 3.05) is 34.0 Å². The first-order valence-electron chi connectivity index (χ1n) is 6.53. The van der Waals surface area contributed by atoms with E-state index in [4.69, 9.17) is 21.1 Å². The number of amides is 1. The summed E-state index contributed by atoms with van der Waals surface area (Å²) in [6, 6.07) is 3.09. The number of carbonyl (C=O) groups excluding carboxylic acids is 1. The van der Waals surface area contributed by atoms with Gasteiger partial charge in [-0.15, -0.1) is 0 Å². The molecule has 1 aromatic carbocycles. The molecule has 21 heavy (non-hydrogen) atoms. The van der Waals surface area contributed by atoms with Gasteiger partial charge in [0.25, 0.3) is 5.91 Å². The van der Waals surface area contributed by atoms with Crippen LogP contribution in [0.2, 0.25) is 5.02 Å². The predicted molar refractivity (Wildman–Crippen MR) is 79.1 cm³/mol. The molecule has 0 fully saturated rings. The van der Waals surface area contributed by atoms with Gasteiger partial charge in [-0.2, -0.15) is 0 Å². The monoisotopic (exact) mass is 314 g/mol. The summed E-state index contributed by atoms with van der Waals surface area (Å²) in [5.74, 6) is 0.578. The van der Waals surface area contributed by atoms with Gasteiger partial charge in [0.2, 0.25) is 6.79 Å². The topological polar surface area (TPSA) is 71.0 Å². The summed E-state index contributed by atoms with van der Waals surface area (Å²) < 4.78 is 10.4. The Kier molecular flexibility index (Phi) is 4.61. The van der Waals surface area contributed by atoms with Crippen molar-refractivity contribution >= 4 is 17.5 Å². The fourth-order valence-corrected chi connectivity index (χ4v) is 2.47. The first kappa shape index (κ1) is 15.9. The Morgan fingerprint density at radius 2 is 2.19 bits per heavy atom. The maximum absolute atomic E-state index is 12.1. The zero-order valence-electron chi connectivity index (χ0n) is 12.3. The minimum absolute atomic E-state index is 0.0949. The second kappa shape index (κ2) is 6.09. The van der Waals surface area contributed by atoms with E-state index in [-0.39, 0.29) is 19.2 Å². The van der Waals surface area contributed by atoms with Crippen LogP contribution in [0.1, 0.15) is 17.3 Å². The third-order valence-corrected chi connectivity index (χ3v) is 3.26. The van der Waals surface area contributed by atoms with E-state index in [1.165, 1.54) is 6.07 Å².